The van der Waals surface area contributed by atoms with E-state index in [0.717, 1.165) is 18.5 Å². The Balaban J connectivity index is 1.88. The Kier molecular flexibility index (Phi) is 6.13. The van der Waals surface area contributed by atoms with Crippen molar-refractivity contribution in [1.82, 2.24) is 15.0 Å². The monoisotopic (exact) mass is 285 g/mol. The van der Waals surface area contributed by atoms with Crippen molar-refractivity contribution in [3.05, 3.63) is 42.2 Å². The molecule has 0 saturated carbocycles. The molecule has 0 saturated heterocycles. The van der Waals surface area contributed by atoms with Crippen LogP contribution in [0.5, 0.6) is 0 Å². The number of rotatable bonds is 9. The fourth-order valence-corrected chi connectivity index (χ4v) is 2.38. The summed E-state index contributed by atoms with van der Waals surface area (Å²) in [5.41, 5.74) is 1.45. The van der Waals surface area contributed by atoms with E-state index < -0.39 is 0 Å². The highest BCUT2D eigenvalue weighted by atomic mass is 16.1. The number of para-hydroxylation sites is 1. The lowest BCUT2D eigenvalue weighted by atomic mass is 10.1. The quantitative estimate of drug-likeness (QED) is 0.512. The lowest BCUT2D eigenvalue weighted by Crippen LogP contribution is -2.08. The van der Waals surface area contributed by atoms with Crippen molar-refractivity contribution >= 4 is 5.78 Å². The Bertz CT molecular complexity index is 548. The topological polar surface area (TPSA) is 47.8 Å². The van der Waals surface area contributed by atoms with Gasteiger partial charge < -0.3 is 0 Å². The van der Waals surface area contributed by atoms with Crippen molar-refractivity contribution < 1.29 is 4.79 Å². The van der Waals surface area contributed by atoms with Crippen LogP contribution in [0.3, 0.4) is 0 Å². The Hall–Kier alpha value is -1.97. The number of benzene rings is 1. The van der Waals surface area contributed by atoms with Gasteiger partial charge in [0.1, 0.15) is 5.69 Å². The molecule has 0 aliphatic heterocycles. The lowest BCUT2D eigenvalue weighted by molar-refractivity contribution is 0.0971. The van der Waals surface area contributed by atoms with Gasteiger partial charge in [-0.05, 0) is 18.6 Å². The summed E-state index contributed by atoms with van der Waals surface area (Å²) in [5, 5.41) is 7.90. The third-order valence-electron chi connectivity index (χ3n) is 3.59. The average Bonchev–Trinajstić information content (AvgIpc) is 3.01. The molecule has 0 unspecified atom stereocenters. The first kappa shape index (κ1) is 15.4. The molecule has 0 radical (unpaired) electrons. The second-order valence-corrected chi connectivity index (χ2v) is 5.31. The van der Waals surface area contributed by atoms with Crippen LogP contribution in [0.1, 0.15) is 62.4 Å². The van der Waals surface area contributed by atoms with Gasteiger partial charge in [0, 0.05) is 6.42 Å². The van der Waals surface area contributed by atoms with Crippen LogP contribution in [0.2, 0.25) is 0 Å². The van der Waals surface area contributed by atoms with Crippen LogP contribution in [-0.2, 0) is 0 Å². The van der Waals surface area contributed by atoms with E-state index in [1.54, 1.807) is 10.9 Å². The molecule has 1 heterocycles. The Morgan fingerprint density at radius 1 is 1.05 bits per heavy atom. The Labute approximate surface area is 126 Å². The molecule has 2 rings (SSSR count). The molecule has 112 valence electrons. The minimum atomic E-state index is 0.124. The number of hydrogen-bond donors (Lipinski definition) is 0. The number of Topliss-reactive ketones (excluding diaryl/α,β-unsaturated/α-hetero) is 1. The van der Waals surface area contributed by atoms with Gasteiger partial charge in [-0.15, -0.1) is 5.10 Å². The highest BCUT2D eigenvalue weighted by molar-refractivity contribution is 5.94. The number of nitrogens with zero attached hydrogens (tertiary/aromatic N) is 3. The summed E-state index contributed by atoms with van der Waals surface area (Å²) in [6, 6.07) is 9.66. The summed E-state index contributed by atoms with van der Waals surface area (Å²) in [7, 11) is 0. The molecule has 0 fully saturated rings. The van der Waals surface area contributed by atoms with Gasteiger partial charge in [-0.25, -0.2) is 4.68 Å². The normalized spacial score (nSPS) is 10.7. The molecular weight excluding hydrogens is 262 g/mol. The van der Waals surface area contributed by atoms with Crippen molar-refractivity contribution in [3.8, 4) is 5.69 Å². The molecule has 2 aromatic rings. The molecule has 0 aliphatic rings. The molecule has 0 N–H and O–H groups in total. The first-order valence-electron chi connectivity index (χ1n) is 7.82. The number of carbonyl (C=O) groups excluding carboxylic acids is 1. The highest BCUT2D eigenvalue weighted by Gasteiger charge is 2.13. The van der Waals surface area contributed by atoms with E-state index in [1.807, 2.05) is 30.3 Å². The Morgan fingerprint density at radius 3 is 2.52 bits per heavy atom. The van der Waals surface area contributed by atoms with Gasteiger partial charge in [-0.1, -0.05) is 62.4 Å². The van der Waals surface area contributed by atoms with Crippen molar-refractivity contribution in [2.45, 2.75) is 51.9 Å². The van der Waals surface area contributed by atoms with E-state index in [4.69, 9.17) is 0 Å². The first-order valence-corrected chi connectivity index (χ1v) is 7.82. The number of hydrogen-bond acceptors (Lipinski definition) is 3. The van der Waals surface area contributed by atoms with Gasteiger partial charge in [-0.2, -0.15) is 0 Å². The molecule has 0 atom stereocenters. The van der Waals surface area contributed by atoms with Crippen LogP contribution in [0.4, 0.5) is 0 Å². The van der Waals surface area contributed by atoms with E-state index in [9.17, 15) is 4.79 Å². The molecule has 4 heteroatoms. The number of unbranched alkanes of at least 4 members (excludes halogenated alkanes) is 5. The minimum Gasteiger partial charge on any atom is -0.292 e. The summed E-state index contributed by atoms with van der Waals surface area (Å²) in [6.07, 6.45) is 9.24. The molecule has 0 amide bonds. The van der Waals surface area contributed by atoms with Crippen LogP contribution in [0, 0.1) is 0 Å². The summed E-state index contributed by atoms with van der Waals surface area (Å²) >= 11 is 0. The Morgan fingerprint density at radius 2 is 1.76 bits per heavy atom. The predicted octanol–water partition coefficient (Wildman–Crippen LogP) is 4.20. The van der Waals surface area contributed by atoms with Crippen LogP contribution >= 0.6 is 0 Å². The van der Waals surface area contributed by atoms with Gasteiger partial charge >= 0.3 is 0 Å². The number of carbonyl (C=O) groups is 1. The maximum Gasteiger partial charge on any atom is 0.182 e. The van der Waals surface area contributed by atoms with Crippen molar-refractivity contribution in [3.63, 3.8) is 0 Å². The van der Waals surface area contributed by atoms with E-state index in [1.165, 1.54) is 25.7 Å². The summed E-state index contributed by atoms with van der Waals surface area (Å²) < 4.78 is 1.62. The number of aromatic nitrogens is 3. The van der Waals surface area contributed by atoms with Crippen molar-refractivity contribution in [2.75, 3.05) is 0 Å². The molecular formula is C17H23N3O. The average molecular weight is 285 g/mol. The highest BCUT2D eigenvalue weighted by Crippen LogP contribution is 2.13. The van der Waals surface area contributed by atoms with Gasteiger partial charge in [0.15, 0.2) is 5.78 Å². The molecule has 4 nitrogen and oxygen atoms in total. The molecule has 1 aromatic heterocycles. The first-order chi connectivity index (χ1) is 10.3. The fraction of sp³-hybridized carbons (Fsp3) is 0.471. The van der Waals surface area contributed by atoms with E-state index >= 15 is 0 Å². The van der Waals surface area contributed by atoms with Crippen molar-refractivity contribution in [2.24, 2.45) is 0 Å². The largest absolute Gasteiger partial charge is 0.292 e. The zero-order valence-corrected chi connectivity index (χ0v) is 12.7. The van der Waals surface area contributed by atoms with Crippen LogP contribution in [-0.4, -0.2) is 20.8 Å². The van der Waals surface area contributed by atoms with Gasteiger partial charge in [0.05, 0.1) is 11.9 Å². The maximum absolute atomic E-state index is 12.3. The van der Waals surface area contributed by atoms with Crippen LogP contribution in [0.25, 0.3) is 5.69 Å². The zero-order chi connectivity index (χ0) is 14.9. The summed E-state index contributed by atoms with van der Waals surface area (Å²) in [5.74, 6) is 0.124. The standard InChI is InChI=1S/C17H23N3O/c1-2-3-4-5-6-10-13-17(21)16-14-18-19-20(16)15-11-8-7-9-12-15/h7-9,11-12,14H,2-6,10,13H2,1H3. The van der Waals surface area contributed by atoms with E-state index in [-0.39, 0.29) is 5.78 Å². The minimum absolute atomic E-state index is 0.124. The molecule has 0 spiro atoms. The maximum atomic E-state index is 12.3. The summed E-state index contributed by atoms with van der Waals surface area (Å²) in [4.78, 5) is 12.3. The molecule has 21 heavy (non-hydrogen) atoms. The van der Waals surface area contributed by atoms with Gasteiger partial charge in [0.2, 0.25) is 0 Å². The van der Waals surface area contributed by atoms with Crippen LogP contribution < -0.4 is 0 Å². The van der Waals surface area contributed by atoms with Crippen molar-refractivity contribution in [1.29, 1.82) is 0 Å². The van der Waals surface area contributed by atoms with Gasteiger partial charge in [-0.3, -0.25) is 4.79 Å². The lowest BCUT2D eigenvalue weighted by Gasteiger charge is -2.05. The zero-order valence-electron chi connectivity index (χ0n) is 12.7. The fourth-order valence-electron chi connectivity index (χ4n) is 2.38. The molecule has 0 aliphatic carbocycles. The summed E-state index contributed by atoms with van der Waals surface area (Å²) in [6.45, 7) is 2.21. The number of ketones is 1. The van der Waals surface area contributed by atoms with E-state index in [0.29, 0.717) is 12.1 Å². The second kappa shape index (κ2) is 8.35. The SMILES string of the molecule is CCCCCCCCC(=O)c1cnnn1-c1ccccc1. The molecule has 1 aromatic carbocycles. The predicted molar refractivity (Wildman–Crippen MR) is 83.7 cm³/mol. The van der Waals surface area contributed by atoms with Crippen LogP contribution in [0.15, 0.2) is 36.5 Å². The third-order valence-corrected chi connectivity index (χ3v) is 3.59. The smallest absolute Gasteiger partial charge is 0.182 e. The molecule has 0 bridgehead atoms. The van der Waals surface area contributed by atoms with E-state index in [2.05, 4.69) is 17.2 Å². The third kappa shape index (κ3) is 4.52. The van der Waals surface area contributed by atoms with Gasteiger partial charge in [0.25, 0.3) is 0 Å². The second-order valence-electron chi connectivity index (χ2n) is 5.31.